The van der Waals surface area contributed by atoms with Gasteiger partial charge in [-0.3, -0.25) is 0 Å². The summed E-state index contributed by atoms with van der Waals surface area (Å²) in [5.74, 6) is 0.615. The van der Waals surface area contributed by atoms with Crippen molar-refractivity contribution in [3.8, 4) is 5.75 Å². The van der Waals surface area contributed by atoms with Crippen LogP contribution in [0.2, 0.25) is 10.0 Å². The minimum atomic E-state index is -0.272. The van der Waals surface area contributed by atoms with Crippen molar-refractivity contribution in [3.63, 3.8) is 0 Å². The van der Waals surface area contributed by atoms with E-state index >= 15 is 0 Å². The summed E-state index contributed by atoms with van der Waals surface area (Å²) in [7, 11) is 0. The van der Waals surface area contributed by atoms with Gasteiger partial charge < -0.3 is 10.5 Å². The van der Waals surface area contributed by atoms with E-state index < -0.39 is 0 Å². The van der Waals surface area contributed by atoms with E-state index in [1.54, 1.807) is 6.07 Å². The summed E-state index contributed by atoms with van der Waals surface area (Å²) in [5.41, 5.74) is 7.18. The van der Waals surface area contributed by atoms with E-state index in [-0.39, 0.29) is 12.1 Å². The Labute approximate surface area is 143 Å². The molecule has 0 aromatic heterocycles. The van der Waals surface area contributed by atoms with Gasteiger partial charge in [0.15, 0.2) is 0 Å². The van der Waals surface area contributed by atoms with Crippen LogP contribution in [0.1, 0.15) is 25.0 Å². The fraction of sp³-hybridized carbons (Fsp3) is 0.250. The predicted octanol–water partition coefficient (Wildman–Crippen LogP) is 5.61. The Morgan fingerprint density at radius 3 is 2.38 bits per heavy atom. The molecule has 0 spiro atoms. The van der Waals surface area contributed by atoms with E-state index in [1.165, 1.54) is 0 Å². The summed E-state index contributed by atoms with van der Waals surface area (Å²) in [5, 5.41) is 1.23. The molecule has 2 N–H and O–H groups in total. The van der Waals surface area contributed by atoms with E-state index in [2.05, 4.69) is 15.9 Å². The van der Waals surface area contributed by atoms with Crippen molar-refractivity contribution in [2.75, 3.05) is 0 Å². The van der Waals surface area contributed by atoms with Crippen LogP contribution in [0.5, 0.6) is 5.75 Å². The average molecular weight is 389 g/mol. The summed E-state index contributed by atoms with van der Waals surface area (Å²) in [4.78, 5) is 0. The fourth-order valence-electron chi connectivity index (χ4n) is 1.98. The predicted molar refractivity (Wildman–Crippen MR) is 92.2 cm³/mol. The van der Waals surface area contributed by atoms with Gasteiger partial charge in [-0.15, -0.1) is 0 Å². The standard InChI is InChI=1S/C16H16BrCl2NO/c1-2-14(20)16(10-3-6-12(18)7-4-10)21-15-8-5-11(17)9-13(15)19/h3-9,14,16H,2,20H2,1H3. The van der Waals surface area contributed by atoms with E-state index in [0.717, 1.165) is 16.5 Å². The van der Waals surface area contributed by atoms with Gasteiger partial charge in [0.05, 0.1) is 5.02 Å². The summed E-state index contributed by atoms with van der Waals surface area (Å²) in [6.45, 7) is 2.03. The molecule has 2 aromatic rings. The number of ether oxygens (including phenoxy) is 1. The highest BCUT2D eigenvalue weighted by molar-refractivity contribution is 9.10. The van der Waals surface area contributed by atoms with E-state index in [1.807, 2.05) is 43.3 Å². The first-order valence-electron chi connectivity index (χ1n) is 6.64. The molecule has 2 unspecified atom stereocenters. The molecule has 0 saturated carbocycles. The third kappa shape index (κ3) is 4.36. The minimum Gasteiger partial charge on any atom is -0.483 e. The molecule has 0 aliphatic carbocycles. The van der Waals surface area contributed by atoms with Crippen LogP contribution < -0.4 is 10.5 Å². The van der Waals surface area contributed by atoms with Crippen LogP contribution in [-0.4, -0.2) is 6.04 Å². The SMILES string of the molecule is CCC(N)C(Oc1ccc(Br)cc1Cl)c1ccc(Cl)cc1. The molecule has 0 aliphatic rings. The van der Waals surface area contributed by atoms with Crippen molar-refractivity contribution in [2.24, 2.45) is 5.73 Å². The van der Waals surface area contributed by atoms with E-state index in [0.29, 0.717) is 15.8 Å². The zero-order chi connectivity index (χ0) is 15.4. The van der Waals surface area contributed by atoms with E-state index in [9.17, 15) is 0 Å². The third-order valence-electron chi connectivity index (χ3n) is 3.21. The molecular formula is C16H16BrCl2NO. The molecular weight excluding hydrogens is 373 g/mol. The maximum Gasteiger partial charge on any atom is 0.139 e. The van der Waals surface area contributed by atoms with Gasteiger partial charge in [-0.25, -0.2) is 0 Å². The average Bonchev–Trinajstić information content (AvgIpc) is 2.47. The Hall–Kier alpha value is -0.740. The summed E-state index contributed by atoms with van der Waals surface area (Å²) >= 11 is 15.5. The Morgan fingerprint density at radius 1 is 1.14 bits per heavy atom. The van der Waals surface area contributed by atoms with Gasteiger partial charge in [-0.2, -0.15) is 0 Å². The van der Waals surface area contributed by atoms with Crippen LogP contribution in [0.4, 0.5) is 0 Å². The first-order chi connectivity index (χ1) is 10.0. The smallest absolute Gasteiger partial charge is 0.139 e. The molecule has 21 heavy (non-hydrogen) atoms. The quantitative estimate of drug-likeness (QED) is 0.721. The second kappa shape index (κ2) is 7.50. The lowest BCUT2D eigenvalue weighted by atomic mass is 10.0. The lowest BCUT2D eigenvalue weighted by Gasteiger charge is -2.25. The van der Waals surface area contributed by atoms with Crippen LogP contribution in [0.3, 0.4) is 0 Å². The van der Waals surface area contributed by atoms with Crippen LogP contribution >= 0.6 is 39.1 Å². The summed E-state index contributed by atoms with van der Waals surface area (Å²) in [6.07, 6.45) is 0.521. The highest BCUT2D eigenvalue weighted by Gasteiger charge is 2.21. The second-order valence-corrected chi connectivity index (χ2v) is 6.50. The van der Waals surface area contributed by atoms with Crippen molar-refractivity contribution in [1.29, 1.82) is 0 Å². The maximum atomic E-state index is 6.22. The van der Waals surface area contributed by atoms with Crippen molar-refractivity contribution in [2.45, 2.75) is 25.5 Å². The number of benzene rings is 2. The molecule has 2 rings (SSSR count). The Morgan fingerprint density at radius 2 is 1.81 bits per heavy atom. The maximum absolute atomic E-state index is 6.22. The van der Waals surface area contributed by atoms with Gasteiger partial charge in [0.1, 0.15) is 11.9 Å². The van der Waals surface area contributed by atoms with Crippen LogP contribution in [0, 0.1) is 0 Å². The zero-order valence-electron chi connectivity index (χ0n) is 11.5. The summed E-state index contributed by atoms with van der Waals surface area (Å²) in [6, 6.07) is 12.9. The number of halogens is 3. The zero-order valence-corrected chi connectivity index (χ0v) is 14.6. The number of hydrogen-bond donors (Lipinski definition) is 1. The van der Waals surface area contributed by atoms with Crippen molar-refractivity contribution >= 4 is 39.1 Å². The van der Waals surface area contributed by atoms with Gasteiger partial charge in [-0.05, 0) is 42.3 Å². The molecule has 2 atom stereocenters. The monoisotopic (exact) mass is 387 g/mol. The van der Waals surface area contributed by atoms with Gasteiger partial charge in [0.25, 0.3) is 0 Å². The molecule has 0 amide bonds. The molecule has 2 nitrogen and oxygen atoms in total. The fourth-order valence-corrected chi connectivity index (χ4v) is 2.82. The van der Waals surface area contributed by atoms with Gasteiger partial charge in [-0.1, -0.05) is 58.2 Å². The topological polar surface area (TPSA) is 35.2 Å². The highest BCUT2D eigenvalue weighted by Crippen LogP contribution is 2.33. The minimum absolute atomic E-state index is 0.133. The molecule has 0 bridgehead atoms. The molecule has 112 valence electrons. The number of nitrogens with two attached hydrogens (primary N) is 1. The summed E-state index contributed by atoms with van der Waals surface area (Å²) < 4.78 is 6.96. The number of rotatable bonds is 5. The Kier molecular flexibility index (Phi) is 5.94. The second-order valence-electron chi connectivity index (χ2n) is 4.74. The molecule has 0 heterocycles. The third-order valence-corrected chi connectivity index (χ3v) is 4.25. The molecule has 0 aliphatic heterocycles. The molecule has 0 saturated heterocycles. The lowest BCUT2D eigenvalue weighted by molar-refractivity contribution is 0.171. The van der Waals surface area contributed by atoms with Gasteiger partial charge in [0, 0.05) is 15.5 Å². The normalized spacial score (nSPS) is 13.8. The van der Waals surface area contributed by atoms with Crippen LogP contribution in [0.15, 0.2) is 46.9 Å². The van der Waals surface area contributed by atoms with Crippen LogP contribution in [-0.2, 0) is 0 Å². The Bertz CT molecular complexity index is 604. The van der Waals surface area contributed by atoms with Crippen molar-refractivity contribution < 1.29 is 4.74 Å². The largest absolute Gasteiger partial charge is 0.483 e. The lowest BCUT2D eigenvalue weighted by Crippen LogP contribution is -2.31. The van der Waals surface area contributed by atoms with Crippen molar-refractivity contribution in [1.82, 2.24) is 0 Å². The molecule has 5 heteroatoms. The highest BCUT2D eigenvalue weighted by atomic mass is 79.9. The molecule has 0 fully saturated rings. The van der Waals surface area contributed by atoms with Gasteiger partial charge in [0.2, 0.25) is 0 Å². The Balaban J connectivity index is 2.30. The molecule has 2 aromatic carbocycles. The first-order valence-corrected chi connectivity index (χ1v) is 8.19. The molecule has 0 radical (unpaired) electrons. The van der Waals surface area contributed by atoms with E-state index in [4.69, 9.17) is 33.7 Å². The number of hydrogen-bond acceptors (Lipinski definition) is 2. The van der Waals surface area contributed by atoms with Crippen molar-refractivity contribution in [3.05, 3.63) is 62.5 Å². The van der Waals surface area contributed by atoms with Crippen LogP contribution in [0.25, 0.3) is 0 Å². The first kappa shape index (κ1) is 16.6. The van der Waals surface area contributed by atoms with Gasteiger partial charge >= 0.3 is 0 Å².